The van der Waals surface area contributed by atoms with Gasteiger partial charge in [0.15, 0.2) is 0 Å². The van der Waals surface area contributed by atoms with Crippen LogP contribution in [0.3, 0.4) is 0 Å². The highest BCUT2D eigenvalue weighted by Gasteiger charge is 2.72. The van der Waals surface area contributed by atoms with Gasteiger partial charge in [-0.15, -0.1) is 0 Å². The van der Waals surface area contributed by atoms with E-state index in [0.29, 0.717) is 0 Å². The molecule has 1 amide bonds. The van der Waals surface area contributed by atoms with Gasteiger partial charge in [0.05, 0.1) is 18.1 Å². The topological polar surface area (TPSA) is 87.1 Å². The van der Waals surface area contributed by atoms with E-state index in [1.165, 1.54) is 4.90 Å². The van der Waals surface area contributed by atoms with E-state index in [1.807, 2.05) is 0 Å². The van der Waals surface area contributed by atoms with Crippen LogP contribution in [0.4, 0.5) is 0 Å². The molecule has 2 aliphatic heterocycles. The van der Waals surface area contributed by atoms with E-state index in [9.17, 15) is 14.7 Å². The third kappa shape index (κ3) is 0.950. The van der Waals surface area contributed by atoms with Gasteiger partial charge in [0.25, 0.3) is 0 Å². The number of amides is 1. The smallest absolute Gasteiger partial charge is 0.323 e. The number of ether oxygens (including phenoxy) is 1. The third-order valence-electron chi connectivity index (χ3n) is 4.92. The fourth-order valence-corrected chi connectivity index (χ4v) is 4.45. The maximum atomic E-state index is 12.2. The predicted molar refractivity (Wildman–Crippen MR) is 52.6 cm³/mol. The molecule has 2 saturated carbocycles. The van der Waals surface area contributed by atoms with E-state index in [1.54, 1.807) is 0 Å². The quantitative estimate of drug-likeness (QED) is 0.637. The van der Waals surface area contributed by atoms with E-state index in [0.717, 1.165) is 6.42 Å². The molecule has 6 nitrogen and oxygen atoms in total. The summed E-state index contributed by atoms with van der Waals surface area (Å²) in [4.78, 5) is 24.3. The number of aliphatic hydroxyl groups is 1. The van der Waals surface area contributed by atoms with Crippen molar-refractivity contribution in [2.24, 2.45) is 23.7 Å². The molecule has 0 radical (unpaired) electrons. The van der Waals surface area contributed by atoms with Gasteiger partial charge in [-0.3, -0.25) is 9.59 Å². The van der Waals surface area contributed by atoms with Crippen molar-refractivity contribution >= 4 is 11.9 Å². The van der Waals surface area contributed by atoms with Crippen LogP contribution in [0.15, 0.2) is 0 Å². The molecular weight excluding hydrogens is 226 g/mol. The van der Waals surface area contributed by atoms with Gasteiger partial charge in [-0.05, 0) is 18.3 Å². The zero-order valence-electron chi connectivity index (χ0n) is 9.02. The minimum absolute atomic E-state index is 0.0219. The molecule has 2 heterocycles. The number of hydrogen-bond donors (Lipinski definition) is 2. The Kier molecular flexibility index (Phi) is 1.63. The number of aliphatic hydroxyl groups excluding tert-OH is 1. The number of carboxylic acid groups (broad SMARTS) is 1. The first-order chi connectivity index (χ1) is 8.09. The summed E-state index contributed by atoms with van der Waals surface area (Å²) in [6.45, 7) is -0.293. The van der Waals surface area contributed by atoms with E-state index >= 15 is 0 Å². The van der Waals surface area contributed by atoms with Crippen molar-refractivity contribution in [1.82, 2.24) is 4.90 Å². The first-order valence-corrected chi connectivity index (χ1v) is 5.95. The number of likely N-dealkylation sites (tertiary alicyclic amines) is 1. The SMILES string of the molecule is O=C(O)CN1C(=O)C2C3CC4C(OC1C42)C3O. The van der Waals surface area contributed by atoms with Gasteiger partial charge < -0.3 is 19.8 Å². The number of carbonyl (C=O) groups is 2. The number of rotatable bonds is 2. The summed E-state index contributed by atoms with van der Waals surface area (Å²) in [7, 11) is 0. The van der Waals surface area contributed by atoms with E-state index in [2.05, 4.69) is 0 Å². The lowest BCUT2D eigenvalue weighted by molar-refractivity contribution is -0.158. The highest BCUT2D eigenvalue weighted by atomic mass is 16.5. The molecule has 7 atom stereocenters. The molecule has 4 aliphatic rings. The van der Waals surface area contributed by atoms with Crippen LogP contribution in [-0.2, 0) is 14.3 Å². The molecule has 92 valence electrons. The Labute approximate surface area is 97.2 Å². The van der Waals surface area contributed by atoms with E-state index in [4.69, 9.17) is 9.84 Å². The third-order valence-corrected chi connectivity index (χ3v) is 4.92. The Hall–Kier alpha value is -1.14. The zero-order valence-corrected chi connectivity index (χ0v) is 9.02. The average molecular weight is 239 g/mol. The Morgan fingerprint density at radius 2 is 2.24 bits per heavy atom. The standard InChI is InChI=1S/C11H13NO5/c13-5(14)2-12-10(16)6-3-1-4-7(6)11(12)17-9(4)8(3)15/h3-4,6-9,11,15H,1-2H2,(H,13,14). The fraction of sp³-hybridized carbons (Fsp3) is 0.818. The Balaban J connectivity index is 1.72. The number of nitrogens with zero attached hydrogens (tertiary/aromatic N) is 1. The van der Waals surface area contributed by atoms with Crippen LogP contribution in [0.1, 0.15) is 6.42 Å². The maximum Gasteiger partial charge on any atom is 0.323 e. The number of aliphatic carboxylic acids is 1. The van der Waals surface area contributed by atoms with Gasteiger partial charge in [0.1, 0.15) is 12.8 Å². The fourth-order valence-electron chi connectivity index (χ4n) is 4.45. The van der Waals surface area contributed by atoms with Crippen molar-refractivity contribution in [2.75, 3.05) is 6.54 Å². The first kappa shape index (κ1) is 9.85. The normalized spacial score (nSPS) is 53.8. The molecule has 6 heteroatoms. The van der Waals surface area contributed by atoms with Gasteiger partial charge in [-0.1, -0.05) is 0 Å². The second-order valence-corrected chi connectivity index (χ2v) is 5.51. The second-order valence-electron chi connectivity index (χ2n) is 5.51. The van der Waals surface area contributed by atoms with Crippen LogP contribution in [0.2, 0.25) is 0 Å². The summed E-state index contributed by atoms with van der Waals surface area (Å²) in [5.74, 6) is -1.04. The van der Waals surface area contributed by atoms with Gasteiger partial charge in [0.2, 0.25) is 5.91 Å². The molecular formula is C11H13NO5. The molecule has 0 aromatic heterocycles. The van der Waals surface area contributed by atoms with Crippen molar-refractivity contribution in [3.8, 4) is 0 Å². The Morgan fingerprint density at radius 1 is 1.47 bits per heavy atom. The largest absolute Gasteiger partial charge is 0.480 e. The Bertz CT molecular complexity index is 424. The Morgan fingerprint density at radius 3 is 2.94 bits per heavy atom. The number of carbonyl (C=O) groups excluding carboxylic acids is 1. The molecule has 0 aromatic rings. The summed E-state index contributed by atoms with van der Waals surface area (Å²) >= 11 is 0. The maximum absolute atomic E-state index is 12.2. The van der Waals surface area contributed by atoms with Crippen LogP contribution >= 0.6 is 0 Å². The summed E-state index contributed by atoms with van der Waals surface area (Å²) in [5, 5.41) is 18.8. The van der Waals surface area contributed by atoms with Crippen LogP contribution in [0.5, 0.6) is 0 Å². The summed E-state index contributed by atoms with van der Waals surface area (Å²) in [6.07, 6.45) is -0.289. The second kappa shape index (κ2) is 2.81. The van der Waals surface area contributed by atoms with Crippen molar-refractivity contribution in [3.05, 3.63) is 0 Å². The molecule has 2 bridgehead atoms. The van der Waals surface area contributed by atoms with Crippen molar-refractivity contribution in [2.45, 2.75) is 24.9 Å². The first-order valence-electron chi connectivity index (χ1n) is 5.95. The van der Waals surface area contributed by atoms with E-state index in [-0.39, 0.29) is 42.2 Å². The molecule has 2 aliphatic carbocycles. The van der Waals surface area contributed by atoms with Crippen LogP contribution in [0, 0.1) is 23.7 Å². The highest BCUT2D eigenvalue weighted by Crippen LogP contribution is 2.63. The average Bonchev–Trinajstić information content (AvgIpc) is 2.89. The van der Waals surface area contributed by atoms with Crippen molar-refractivity contribution in [3.63, 3.8) is 0 Å². The van der Waals surface area contributed by atoms with E-state index < -0.39 is 18.3 Å². The van der Waals surface area contributed by atoms with Crippen LogP contribution in [0.25, 0.3) is 0 Å². The van der Waals surface area contributed by atoms with Crippen molar-refractivity contribution < 1.29 is 24.5 Å². The molecule has 4 fully saturated rings. The summed E-state index contributed by atoms with van der Waals surface area (Å²) < 4.78 is 5.72. The molecule has 4 rings (SSSR count). The highest BCUT2D eigenvalue weighted by molar-refractivity contribution is 5.86. The molecule has 0 aromatic carbocycles. The molecule has 2 saturated heterocycles. The number of fused-ring (bicyclic) bond motifs is 2. The minimum atomic E-state index is -1.01. The molecule has 17 heavy (non-hydrogen) atoms. The number of carboxylic acids is 1. The van der Waals surface area contributed by atoms with Gasteiger partial charge in [-0.2, -0.15) is 0 Å². The van der Waals surface area contributed by atoms with Gasteiger partial charge in [-0.25, -0.2) is 0 Å². The van der Waals surface area contributed by atoms with Crippen LogP contribution < -0.4 is 0 Å². The molecule has 0 spiro atoms. The van der Waals surface area contributed by atoms with Gasteiger partial charge in [0, 0.05) is 5.92 Å². The number of hydrogen-bond acceptors (Lipinski definition) is 4. The van der Waals surface area contributed by atoms with Crippen LogP contribution in [-0.4, -0.2) is 52.0 Å². The molecule has 7 unspecified atom stereocenters. The zero-order chi connectivity index (χ0) is 11.9. The predicted octanol–water partition coefficient (Wildman–Crippen LogP) is -1.12. The van der Waals surface area contributed by atoms with Crippen molar-refractivity contribution in [1.29, 1.82) is 0 Å². The monoisotopic (exact) mass is 239 g/mol. The minimum Gasteiger partial charge on any atom is -0.480 e. The lowest BCUT2D eigenvalue weighted by atomic mass is 9.80. The van der Waals surface area contributed by atoms with Gasteiger partial charge >= 0.3 is 5.97 Å². The molecule has 2 N–H and O–H groups in total. The summed E-state index contributed by atoms with van der Waals surface area (Å²) in [6, 6.07) is 0. The lowest BCUT2D eigenvalue weighted by Crippen LogP contribution is -2.45. The lowest BCUT2D eigenvalue weighted by Gasteiger charge is -2.29. The summed E-state index contributed by atoms with van der Waals surface area (Å²) in [5.41, 5.74) is 0.